The summed E-state index contributed by atoms with van der Waals surface area (Å²) in [7, 11) is 3.22. The minimum absolute atomic E-state index is 0.0696. The van der Waals surface area contributed by atoms with Crippen molar-refractivity contribution in [2.45, 2.75) is 63.2 Å². The van der Waals surface area contributed by atoms with Gasteiger partial charge < -0.3 is 19.4 Å². The first kappa shape index (κ1) is 21.5. The highest BCUT2D eigenvalue weighted by molar-refractivity contribution is 7.99. The Hall–Kier alpha value is -2.22. The van der Waals surface area contributed by atoms with E-state index in [9.17, 15) is 4.79 Å². The Labute approximate surface area is 176 Å². The summed E-state index contributed by atoms with van der Waals surface area (Å²) in [6.07, 6.45) is 7.14. The summed E-state index contributed by atoms with van der Waals surface area (Å²) in [6.45, 7) is 2.76. The molecule has 1 heterocycles. The van der Waals surface area contributed by atoms with Gasteiger partial charge in [0.2, 0.25) is 5.91 Å². The van der Waals surface area contributed by atoms with Crippen LogP contribution < -0.4 is 14.8 Å². The van der Waals surface area contributed by atoms with E-state index in [0.717, 1.165) is 29.4 Å². The third-order valence-electron chi connectivity index (χ3n) is 5.23. The van der Waals surface area contributed by atoms with Gasteiger partial charge in [-0.15, -0.1) is 10.2 Å². The molecule has 8 heteroatoms. The summed E-state index contributed by atoms with van der Waals surface area (Å²) in [5.41, 5.74) is 0.895. The molecule has 29 heavy (non-hydrogen) atoms. The number of methoxy groups -OCH3 is 2. The van der Waals surface area contributed by atoms with Gasteiger partial charge >= 0.3 is 0 Å². The highest BCUT2D eigenvalue weighted by Gasteiger charge is 2.18. The van der Waals surface area contributed by atoms with Gasteiger partial charge in [-0.2, -0.15) is 0 Å². The lowest BCUT2D eigenvalue weighted by Crippen LogP contribution is -2.35. The number of thioether (sulfide) groups is 1. The molecule has 2 aromatic rings. The van der Waals surface area contributed by atoms with E-state index >= 15 is 0 Å². The lowest BCUT2D eigenvalue weighted by Gasteiger charge is -2.16. The van der Waals surface area contributed by atoms with E-state index in [0.29, 0.717) is 29.8 Å². The van der Waals surface area contributed by atoms with Crippen LogP contribution >= 0.6 is 11.8 Å². The van der Waals surface area contributed by atoms with E-state index < -0.39 is 0 Å². The molecule has 0 saturated heterocycles. The zero-order valence-electron chi connectivity index (χ0n) is 17.4. The Morgan fingerprint density at radius 2 is 1.86 bits per heavy atom. The molecule has 3 rings (SSSR count). The SMILES string of the molecule is CCn1c(SCC(=O)NC2CCCCCC2)nnc1-c1ccc(OC)c(OC)c1. The Morgan fingerprint density at radius 1 is 1.14 bits per heavy atom. The molecule has 1 N–H and O–H groups in total. The summed E-state index contributed by atoms with van der Waals surface area (Å²) < 4.78 is 12.7. The molecular formula is C21H30N4O3S. The molecular weight excluding hydrogens is 388 g/mol. The number of nitrogens with one attached hydrogen (secondary N) is 1. The second-order valence-electron chi connectivity index (χ2n) is 7.16. The number of hydrogen-bond donors (Lipinski definition) is 1. The second kappa shape index (κ2) is 10.5. The lowest BCUT2D eigenvalue weighted by atomic mass is 10.1. The van der Waals surface area contributed by atoms with Crippen LogP contribution in [0.15, 0.2) is 23.4 Å². The van der Waals surface area contributed by atoms with E-state index in [2.05, 4.69) is 15.5 Å². The molecule has 0 spiro atoms. The Balaban J connectivity index is 1.67. The molecule has 7 nitrogen and oxygen atoms in total. The monoisotopic (exact) mass is 418 g/mol. The molecule has 0 unspecified atom stereocenters. The van der Waals surface area contributed by atoms with E-state index in [4.69, 9.17) is 9.47 Å². The minimum Gasteiger partial charge on any atom is -0.493 e. The molecule has 0 bridgehead atoms. The fourth-order valence-corrected chi connectivity index (χ4v) is 4.51. The number of rotatable bonds is 8. The molecule has 1 aromatic carbocycles. The number of amides is 1. The van der Waals surface area contributed by atoms with Crippen molar-refractivity contribution in [3.8, 4) is 22.9 Å². The molecule has 0 radical (unpaired) electrons. The van der Waals surface area contributed by atoms with Gasteiger partial charge in [-0.1, -0.05) is 37.4 Å². The molecule has 158 valence electrons. The number of ether oxygens (including phenoxy) is 2. The summed E-state index contributed by atoms with van der Waals surface area (Å²) >= 11 is 1.43. The first-order valence-corrected chi connectivity index (χ1v) is 11.2. The Kier molecular flexibility index (Phi) is 7.80. The Morgan fingerprint density at radius 3 is 2.52 bits per heavy atom. The highest BCUT2D eigenvalue weighted by atomic mass is 32.2. The quantitative estimate of drug-likeness (QED) is 0.517. The van der Waals surface area contributed by atoms with Gasteiger partial charge in [0.05, 0.1) is 20.0 Å². The van der Waals surface area contributed by atoms with Gasteiger partial charge in [0.1, 0.15) is 0 Å². The normalized spacial score (nSPS) is 15.0. The largest absolute Gasteiger partial charge is 0.493 e. The molecule has 1 aromatic heterocycles. The smallest absolute Gasteiger partial charge is 0.230 e. The average Bonchev–Trinajstić information content (AvgIpc) is 2.99. The molecule has 1 amide bonds. The third kappa shape index (κ3) is 5.44. The van der Waals surface area contributed by atoms with E-state index in [1.807, 2.05) is 29.7 Å². The van der Waals surface area contributed by atoms with Crippen molar-refractivity contribution in [2.75, 3.05) is 20.0 Å². The standard InChI is InChI=1S/C21H30N4O3S/c1-4-25-20(15-11-12-17(27-2)18(13-15)28-3)23-24-21(25)29-14-19(26)22-16-9-7-5-6-8-10-16/h11-13,16H,4-10,14H2,1-3H3,(H,22,26). The maximum absolute atomic E-state index is 12.4. The Bertz CT molecular complexity index is 816. The van der Waals surface area contributed by atoms with Gasteiger partial charge in [-0.05, 0) is 38.0 Å². The van der Waals surface area contributed by atoms with Crippen LogP contribution in [0.1, 0.15) is 45.4 Å². The zero-order chi connectivity index (χ0) is 20.6. The zero-order valence-corrected chi connectivity index (χ0v) is 18.3. The van der Waals surface area contributed by atoms with Crippen LogP contribution in [0.4, 0.5) is 0 Å². The molecule has 0 aliphatic heterocycles. The van der Waals surface area contributed by atoms with Gasteiger partial charge in [-0.25, -0.2) is 0 Å². The van der Waals surface area contributed by atoms with Crippen LogP contribution in [0.25, 0.3) is 11.4 Å². The second-order valence-corrected chi connectivity index (χ2v) is 8.11. The maximum Gasteiger partial charge on any atom is 0.230 e. The fraction of sp³-hybridized carbons (Fsp3) is 0.571. The van der Waals surface area contributed by atoms with Crippen LogP contribution in [-0.2, 0) is 11.3 Å². The van der Waals surface area contributed by atoms with E-state index in [1.165, 1.54) is 37.4 Å². The van der Waals surface area contributed by atoms with Crippen molar-refractivity contribution in [3.63, 3.8) is 0 Å². The number of aromatic nitrogens is 3. The van der Waals surface area contributed by atoms with Crippen LogP contribution in [0.5, 0.6) is 11.5 Å². The number of carbonyl (C=O) groups excluding carboxylic acids is 1. The molecule has 1 fully saturated rings. The molecule has 0 atom stereocenters. The third-order valence-corrected chi connectivity index (χ3v) is 6.19. The predicted octanol–water partition coefficient (Wildman–Crippen LogP) is 3.91. The van der Waals surface area contributed by atoms with E-state index in [-0.39, 0.29) is 5.91 Å². The number of carbonyl (C=O) groups is 1. The average molecular weight is 419 g/mol. The van der Waals surface area contributed by atoms with Crippen molar-refractivity contribution < 1.29 is 14.3 Å². The molecule has 1 aliphatic rings. The fourth-order valence-electron chi connectivity index (χ4n) is 3.69. The maximum atomic E-state index is 12.4. The summed E-state index contributed by atoms with van der Waals surface area (Å²) in [4.78, 5) is 12.4. The lowest BCUT2D eigenvalue weighted by molar-refractivity contribution is -0.119. The van der Waals surface area contributed by atoms with Crippen LogP contribution in [-0.4, -0.2) is 46.7 Å². The summed E-state index contributed by atoms with van der Waals surface area (Å²) in [5.74, 6) is 2.48. The minimum atomic E-state index is 0.0696. The van der Waals surface area contributed by atoms with Gasteiger partial charge in [0.15, 0.2) is 22.5 Å². The van der Waals surface area contributed by atoms with E-state index in [1.54, 1.807) is 14.2 Å². The van der Waals surface area contributed by atoms with Crippen LogP contribution in [0, 0.1) is 0 Å². The van der Waals surface area contributed by atoms with Gasteiger partial charge in [0, 0.05) is 18.2 Å². The number of nitrogens with zero attached hydrogens (tertiary/aromatic N) is 3. The summed E-state index contributed by atoms with van der Waals surface area (Å²) in [6, 6.07) is 6.00. The van der Waals surface area contributed by atoms with Crippen molar-refractivity contribution in [1.29, 1.82) is 0 Å². The molecule has 1 saturated carbocycles. The number of benzene rings is 1. The molecule has 1 aliphatic carbocycles. The number of hydrogen-bond acceptors (Lipinski definition) is 6. The van der Waals surface area contributed by atoms with Crippen molar-refractivity contribution in [2.24, 2.45) is 0 Å². The van der Waals surface area contributed by atoms with Crippen LogP contribution in [0.2, 0.25) is 0 Å². The van der Waals surface area contributed by atoms with Crippen molar-refractivity contribution >= 4 is 17.7 Å². The van der Waals surface area contributed by atoms with Crippen molar-refractivity contribution in [1.82, 2.24) is 20.1 Å². The van der Waals surface area contributed by atoms with Crippen LogP contribution in [0.3, 0.4) is 0 Å². The van der Waals surface area contributed by atoms with Gasteiger partial charge in [-0.3, -0.25) is 4.79 Å². The van der Waals surface area contributed by atoms with Gasteiger partial charge in [0.25, 0.3) is 0 Å². The topological polar surface area (TPSA) is 78.3 Å². The first-order valence-electron chi connectivity index (χ1n) is 10.2. The highest BCUT2D eigenvalue weighted by Crippen LogP contribution is 2.32. The van der Waals surface area contributed by atoms with Crippen molar-refractivity contribution in [3.05, 3.63) is 18.2 Å². The summed E-state index contributed by atoms with van der Waals surface area (Å²) in [5, 5.41) is 12.6. The first-order chi connectivity index (χ1) is 14.2. The predicted molar refractivity (Wildman–Crippen MR) is 115 cm³/mol.